The molecule has 1 aromatic rings. The predicted octanol–water partition coefficient (Wildman–Crippen LogP) is 3.71. The molecule has 0 aliphatic heterocycles. The third-order valence-corrected chi connectivity index (χ3v) is 3.82. The number of halogens is 2. The quantitative estimate of drug-likeness (QED) is 0.918. The molecule has 1 N–H and O–H groups in total. The van der Waals surface area contributed by atoms with Crippen molar-refractivity contribution >= 4 is 29.8 Å². The van der Waals surface area contributed by atoms with Gasteiger partial charge in [0.1, 0.15) is 5.54 Å². The molecule has 0 amide bonds. The number of benzene rings is 1. The molecule has 1 saturated carbocycles. The lowest BCUT2D eigenvalue weighted by Gasteiger charge is -2.37. The molecule has 0 aromatic heterocycles. The Kier molecular flexibility index (Phi) is 5.64. The van der Waals surface area contributed by atoms with Crippen LogP contribution in [0, 0.1) is 0 Å². The number of Topliss-reactive ketones (excluding diaryl/α,β-unsaturated/α-hetero) is 1. The van der Waals surface area contributed by atoms with Crippen molar-refractivity contribution in [2.24, 2.45) is 0 Å². The molecule has 0 saturated heterocycles. The molecule has 0 heterocycles. The maximum atomic E-state index is 12.3. The Morgan fingerprint density at radius 3 is 2.67 bits per heavy atom. The molecule has 2 nitrogen and oxygen atoms in total. The average Bonchev–Trinajstić information content (AvgIpc) is 2.33. The number of hydrogen-bond acceptors (Lipinski definition) is 2. The van der Waals surface area contributed by atoms with Gasteiger partial charge in [0.25, 0.3) is 0 Å². The first-order valence-corrected chi connectivity index (χ1v) is 6.62. The van der Waals surface area contributed by atoms with Crippen LogP contribution in [0.4, 0.5) is 0 Å². The van der Waals surface area contributed by atoms with Crippen molar-refractivity contribution in [3.63, 3.8) is 0 Å². The van der Waals surface area contributed by atoms with Gasteiger partial charge in [-0.1, -0.05) is 43.1 Å². The number of carbonyl (C=O) groups excluding carboxylic acids is 1. The second-order valence-electron chi connectivity index (χ2n) is 4.55. The van der Waals surface area contributed by atoms with E-state index >= 15 is 0 Å². The molecular weight excluding hydrogens is 269 g/mol. The van der Waals surface area contributed by atoms with Crippen molar-refractivity contribution in [3.05, 3.63) is 34.9 Å². The van der Waals surface area contributed by atoms with E-state index in [1.165, 1.54) is 0 Å². The highest BCUT2D eigenvalue weighted by molar-refractivity contribution is 6.31. The first-order chi connectivity index (χ1) is 8.20. The Bertz CT molecular complexity index is 418. The summed E-state index contributed by atoms with van der Waals surface area (Å²) in [6.45, 7) is 2.80. The second-order valence-corrected chi connectivity index (χ2v) is 4.95. The van der Waals surface area contributed by atoms with Crippen molar-refractivity contribution in [2.45, 2.75) is 38.1 Å². The molecule has 0 bridgehead atoms. The number of likely N-dealkylation sites (N-methyl/N-ethyl adjacent to an activating group) is 1. The first kappa shape index (κ1) is 15.5. The van der Waals surface area contributed by atoms with Crippen LogP contribution < -0.4 is 5.32 Å². The van der Waals surface area contributed by atoms with Crippen molar-refractivity contribution < 1.29 is 4.79 Å². The molecule has 4 heteroatoms. The zero-order chi connectivity index (χ0) is 12.3. The van der Waals surface area contributed by atoms with E-state index in [1.807, 2.05) is 31.2 Å². The van der Waals surface area contributed by atoms with Gasteiger partial charge in [-0.2, -0.15) is 0 Å². The van der Waals surface area contributed by atoms with Crippen molar-refractivity contribution in [3.8, 4) is 0 Å². The molecule has 0 spiro atoms. The Labute approximate surface area is 120 Å². The number of carbonyl (C=O) groups is 1. The topological polar surface area (TPSA) is 29.1 Å². The molecule has 1 fully saturated rings. The minimum Gasteiger partial charge on any atom is -0.301 e. The van der Waals surface area contributed by atoms with E-state index in [4.69, 9.17) is 11.6 Å². The zero-order valence-electron chi connectivity index (χ0n) is 10.5. The normalized spacial score (nSPS) is 23.6. The van der Waals surface area contributed by atoms with Gasteiger partial charge in [0.2, 0.25) is 0 Å². The first-order valence-electron chi connectivity index (χ1n) is 6.24. The molecule has 100 valence electrons. The summed E-state index contributed by atoms with van der Waals surface area (Å²) < 4.78 is 0. The molecule has 2 rings (SSSR count). The third-order valence-electron chi connectivity index (χ3n) is 3.49. The van der Waals surface area contributed by atoms with Gasteiger partial charge in [0.05, 0.1) is 0 Å². The van der Waals surface area contributed by atoms with Crippen LogP contribution in [0.2, 0.25) is 5.02 Å². The molecule has 0 radical (unpaired) electrons. The van der Waals surface area contributed by atoms with E-state index in [-0.39, 0.29) is 18.2 Å². The van der Waals surface area contributed by atoms with E-state index < -0.39 is 5.54 Å². The fourth-order valence-corrected chi connectivity index (χ4v) is 3.00. The van der Waals surface area contributed by atoms with Crippen LogP contribution in [0.5, 0.6) is 0 Å². The van der Waals surface area contributed by atoms with Gasteiger partial charge in [-0.25, -0.2) is 0 Å². The molecule has 1 aliphatic rings. The Hall–Kier alpha value is -0.570. The lowest BCUT2D eigenvalue weighted by molar-refractivity contribution is -0.128. The summed E-state index contributed by atoms with van der Waals surface area (Å²) in [6, 6.07) is 7.67. The van der Waals surface area contributed by atoms with Gasteiger partial charge >= 0.3 is 0 Å². The fourth-order valence-electron chi connectivity index (χ4n) is 2.70. The van der Waals surface area contributed by atoms with E-state index in [9.17, 15) is 4.79 Å². The lowest BCUT2D eigenvalue weighted by Crippen LogP contribution is -2.51. The average molecular weight is 288 g/mol. The fraction of sp³-hybridized carbons (Fsp3) is 0.500. The minimum atomic E-state index is -0.550. The van der Waals surface area contributed by atoms with Crippen LogP contribution in [0.3, 0.4) is 0 Å². The van der Waals surface area contributed by atoms with Gasteiger partial charge in [-0.3, -0.25) is 4.79 Å². The van der Waals surface area contributed by atoms with Gasteiger partial charge in [-0.15, -0.1) is 12.4 Å². The molecule has 1 atom stereocenters. The van der Waals surface area contributed by atoms with Gasteiger partial charge < -0.3 is 5.32 Å². The van der Waals surface area contributed by atoms with Crippen LogP contribution in [-0.4, -0.2) is 12.3 Å². The van der Waals surface area contributed by atoms with Gasteiger partial charge in [0.15, 0.2) is 5.78 Å². The van der Waals surface area contributed by atoms with Gasteiger partial charge in [-0.05, 0) is 31.0 Å². The SMILES string of the molecule is CCNC1(c2ccccc2Cl)CCCCC1=O.Cl. The van der Waals surface area contributed by atoms with Crippen LogP contribution in [-0.2, 0) is 10.3 Å². The third kappa shape index (κ3) is 2.71. The van der Waals surface area contributed by atoms with Crippen molar-refractivity contribution in [1.82, 2.24) is 5.32 Å². The Morgan fingerprint density at radius 2 is 2.06 bits per heavy atom. The van der Waals surface area contributed by atoms with Crippen molar-refractivity contribution in [1.29, 1.82) is 0 Å². The van der Waals surface area contributed by atoms with E-state index in [0.29, 0.717) is 11.4 Å². The highest BCUT2D eigenvalue weighted by atomic mass is 35.5. The smallest absolute Gasteiger partial charge is 0.157 e. The molecular formula is C14H19Cl2NO. The van der Waals surface area contributed by atoms with Gasteiger partial charge in [0, 0.05) is 11.4 Å². The van der Waals surface area contributed by atoms with E-state index in [1.54, 1.807) is 0 Å². The van der Waals surface area contributed by atoms with Crippen LogP contribution in [0.15, 0.2) is 24.3 Å². The number of ketones is 1. The largest absolute Gasteiger partial charge is 0.301 e. The summed E-state index contributed by atoms with van der Waals surface area (Å²) in [5.74, 6) is 0.277. The summed E-state index contributed by atoms with van der Waals surface area (Å²) in [6.07, 6.45) is 3.57. The van der Waals surface area contributed by atoms with Crippen molar-refractivity contribution in [2.75, 3.05) is 6.54 Å². The second kappa shape index (κ2) is 6.55. The monoisotopic (exact) mass is 287 g/mol. The highest BCUT2D eigenvalue weighted by Gasteiger charge is 2.41. The predicted molar refractivity (Wildman–Crippen MR) is 77.5 cm³/mol. The van der Waals surface area contributed by atoms with Crippen LogP contribution in [0.1, 0.15) is 38.2 Å². The Morgan fingerprint density at radius 1 is 1.33 bits per heavy atom. The molecule has 1 aliphatic carbocycles. The summed E-state index contributed by atoms with van der Waals surface area (Å²) in [4.78, 5) is 12.3. The highest BCUT2D eigenvalue weighted by Crippen LogP contribution is 2.37. The molecule has 1 unspecified atom stereocenters. The summed E-state index contributed by atoms with van der Waals surface area (Å²) in [5.41, 5.74) is 0.388. The van der Waals surface area contributed by atoms with E-state index in [0.717, 1.165) is 31.4 Å². The molecule has 18 heavy (non-hydrogen) atoms. The van der Waals surface area contributed by atoms with E-state index in [2.05, 4.69) is 5.32 Å². The number of rotatable bonds is 3. The van der Waals surface area contributed by atoms with Crippen LogP contribution >= 0.6 is 24.0 Å². The maximum Gasteiger partial charge on any atom is 0.157 e. The van der Waals surface area contributed by atoms with Crippen LogP contribution in [0.25, 0.3) is 0 Å². The Balaban J connectivity index is 0.00000162. The molecule has 1 aromatic carbocycles. The minimum absolute atomic E-state index is 0. The summed E-state index contributed by atoms with van der Waals surface area (Å²) >= 11 is 6.26. The standard InChI is InChI=1S/C14H18ClNO.ClH/c1-2-16-14(10-6-5-9-13(14)17)11-7-3-4-8-12(11)15;/h3-4,7-8,16H,2,5-6,9-10H2,1H3;1H. The number of hydrogen-bond donors (Lipinski definition) is 1. The summed E-state index contributed by atoms with van der Waals surface area (Å²) in [7, 11) is 0. The maximum absolute atomic E-state index is 12.3. The lowest BCUT2D eigenvalue weighted by atomic mass is 9.75. The zero-order valence-corrected chi connectivity index (χ0v) is 12.1. The summed E-state index contributed by atoms with van der Waals surface area (Å²) in [5, 5.41) is 4.05. The number of nitrogens with one attached hydrogen (secondary N) is 1.